The first kappa shape index (κ1) is 11.9. The van der Waals surface area contributed by atoms with Gasteiger partial charge in [-0.2, -0.15) is 0 Å². The average molecular weight is 229 g/mol. The Morgan fingerprint density at radius 1 is 1.12 bits per heavy atom. The summed E-state index contributed by atoms with van der Waals surface area (Å²) < 4.78 is 0. The quantitative estimate of drug-likeness (QED) is 0.783. The number of carbonyl (C=O) groups is 1. The Morgan fingerprint density at radius 2 is 1.88 bits per heavy atom. The zero-order valence-electron chi connectivity index (χ0n) is 10.5. The Balaban J connectivity index is 2.08. The molecule has 1 N–H and O–H groups in total. The minimum atomic E-state index is 0.299. The molecule has 1 fully saturated rings. The fraction of sp³-hybridized carbons (Fsp3) is 0.400. The van der Waals surface area contributed by atoms with E-state index in [2.05, 4.69) is 31.3 Å². The molecule has 1 saturated carbocycles. The van der Waals surface area contributed by atoms with E-state index in [1.54, 1.807) is 0 Å². The van der Waals surface area contributed by atoms with Crippen molar-refractivity contribution < 1.29 is 4.79 Å². The third kappa shape index (κ3) is 2.96. The van der Waals surface area contributed by atoms with E-state index in [0.717, 1.165) is 30.5 Å². The molecule has 90 valence electrons. The fourth-order valence-electron chi connectivity index (χ4n) is 2.06. The first-order valence-electron chi connectivity index (χ1n) is 6.23. The van der Waals surface area contributed by atoms with Crippen molar-refractivity contribution in [3.05, 3.63) is 41.1 Å². The zero-order chi connectivity index (χ0) is 12.3. The number of allylic oxidation sites excluding steroid dienone is 1. The summed E-state index contributed by atoms with van der Waals surface area (Å²) in [5.41, 5.74) is 4.55. The van der Waals surface area contributed by atoms with Gasteiger partial charge in [-0.3, -0.25) is 4.79 Å². The standard InChI is InChI=1S/C15H19NO/c1-11-7-8-14(9-12(11)2)16-10-13-5-3-4-6-15(13)17/h7-10,16H,3-6H2,1-2H3/b13-10-. The molecule has 0 heterocycles. The number of ketones is 1. The molecular formula is C15H19NO. The van der Waals surface area contributed by atoms with Gasteiger partial charge < -0.3 is 5.32 Å². The summed E-state index contributed by atoms with van der Waals surface area (Å²) in [7, 11) is 0. The molecule has 0 atom stereocenters. The van der Waals surface area contributed by atoms with Gasteiger partial charge in [0.05, 0.1) is 0 Å². The Labute approximate surface area is 103 Å². The van der Waals surface area contributed by atoms with Crippen molar-refractivity contribution in [2.75, 3.05) is 5.32 Å². The average Bonchev–Trinajstić information content (AvgIpc) is 2.32. The topological polar surface area (TPSA) is 29.1 Å². The van der Waals surface area contributed by atoms with Crippen molar-refractivity contribution in [2.24, 2.45) is 0 Å². The lowest BCUT2D eigenvalue weighted by atomic mass is 9.94. The number of anilines is 1. The predicted molar refractivity (Wildman–Crippen MR) is 71.1 cm³/mol. The number of carbonyl (C=O) groups excluding carboxylic acids is 1. The van der Waals surface area contributed by atoms with Gasteiger partial charge >= 0.3 is 0 Å². The molecule has 0 bridgehead atoms. The van der Waals surface area contributed by atoms with Crippen molar-refractivity contribution in [1.82, 2.24) is 0 Å². The Hall–Kier alpha value is -1.57. The Bertz CT molecular complexity index is 460. The van der Waals surface area contributed by atoms with Gasteiger partial charge in [0.2, 0.25) is 0 Å². The molecule has 1 aliphatic rings. The number of hydrogen-bond acceptors (Lipinski definition) is 2. The summed E-state index contributed by atoms with van der Waals surface area (Å²) in [6.07, 6.45) is 5.68. The third-order valence-corrected chi connectivity index (χ3v) is 3.38. The minimum Gasteiger partial charge on any atom is -0.361 e. The minimum absolute atomic E-state index is 0.299. The number of nitrogens with one attached hydrogen (secondary N) is 1. The van der Waals surface area contributed by atoms with Crippen LogP contribution in [0.5, 0.6) is 0 Å². The highest BCUT2D eigenvalue weighted by Gasteiger charge is 2.14. The van der Waals surface area contributed by atoms with Crippen LogP contribution in [0.3, 0.4) is 0 Å². The van der Waals surface area contributed by atoms with E-state index in [-0.39, 0.29) is 0 Å². The second-order valence-electron chi connectivity index (χ2n) is 4.74. The molecule has 1 aromatic carbocycles. The summed E-state index contributed by atoms with van der Waals surface area (Å²) in [4.78, 5) is 11.6. The van der Waals surface area contributed by atoms with Gasteiger partial charge in [0.15, 0.2) is 5.78 Å². The number of rotatable bonds is 2. The van der Waals surface area contributed by atoms with Crippen LogP contribution < -0.4 is 5.32 Å². The summed E-state index contributed by atoms with van der Waals surface area (Å²) in [6.45, 7) is 4.20. The Morgan fingerprint density at radius 3 is 2.59 bits per heavy atom. The van der Waals surface area contributed by atoms with E-state index in [1.165, 1.54) is 11.1 Å². The van der Waals surface area contributed by atoms with Crippen LogP contribution in [-0.2, 0) is 4.79 Å². The first-order chi connectivity index (χ1) is 8.16. The monoisotopic (exact) mass is 229 g/mol. The van der Waals surface area contributed by atoms with Crippen LogP contribution in [-0.4, -0.2) is 5.78 Å². The van der Waals surface area contributed by atoms with Gasteiger partial charge in [-0.1, -0.05) is 6.07 Å². The molecule has 2 nitrogen and oxygen atoms in total. The molecule has 2 heteroatoms. The first-order valence-corrected chi connectivity index (χ1v) is 6.23. The SMILES string of the molecule is Cc1ccc(N/C=C2/CCCCC2=O)cc1C. The molecular weight excluding hydrogens is 210 g/mol. The molecule has 1 aromatic rings. The molecule has 0 unspecified atom stereocenters. The van der Waals surface area contributed by atoms with E-state index in [9.17, 15) is 4.79 Å². The van der Waals surface area contributed by atoms with E-state index < -0.39 is 0 Å². The van der Waals surface area contributed by atoms with E-state index >= 15 is 0 Å². The maximum absolute atomic E-state index is 11.6. The van der Waals surface area contributed by atoms with Crippen LogP contribution in [0.2, 0.25) is 0 Å². The summed E-state index contributed by atoms with van der Waals surface area (Å²) in [6, 6.07) is 6.26. The zero-order valence-corrected chi connectivity index (χ0v) is 10.5. The summed E-state index contributed by atoms with van der Waals surface area (Å²) >= 11 is 0. The van der Waals surface area contributed by atoms with Crippen LogP contribution in [0.15, 0.2) is 30.0 Å². The van der Waals surface area contributed by atoms with Crippen LogP contribution in [0.1, 0.15) is 36.8 Å². The lowest BCUT2D eigenvalue weighted by Crippen LogP contribution is -2.09. The molecule has 0 aromatic heterocycles. The van der Waals surface area contributed by atoms with Crippen molar-refractivity contribution >= 4 is 11.5 Å². The second-order valence-corrected chi connectivity index (χ2v) is 4.74. The van der Waals surface area contributed by atoms with Crippen molar-refractivity contribution in [3.8, 4) is 0 Å². The molecule has 0 saturated heterocycles. The molecule has 0 radical (unpaired) electrons. The van der Waals surface area contributed by atoms with Crippen molar-refractivity contribution in [1.29, 1.82) is 0 Å². The van der Waals surface area contributed by atoms with Gasteiger partial charge in [0.25, 0.3) is 0 Å². The van der Waals surface area contributed by atoms with E-state index in [4.69, 9.17) is 0 Å². The molecule has 2 rings (SSSR count). The smallest absolute Gasteiger partial charge is 0.160 e. The fourth-order valence-corrected chi connectivity index (χ4v) is 2.06. The van der Waals surface area contributed by atoms with E-state index in [0.29, 0.717) is 12.2 Å². The molecule has 17 heavy (non-hydrogen) atoms. The molecule has 0 amide bonds. The maximum Gasteiger partial charge on any atom is 0.160 e. The van der Waals surface area contributed by atoms with Crippen molar-refractivity contribution in [2.45, 2.75) is 39.5 Å². The molecule has 0 spiro atoms. The summed E-state index contributed by atoms with van der Waals surface area (Å²) in [5, 5.41) is 3.23. The highest BCUT2D eigenvalue weighted by Crippen LogP contribution is 2.20. The number of hydrogen-bond donors (Lipinski definition) is 1. The number of aryl methyl sites for hydroxylation is 2. The molecule has 0 aliphatic heterocycles. The van der Waals surface area contributed by atoms with Gasteiger partial charge in [-0.25, -0.2) is 0 Å². The lowest BCUT2D eigenvalue weighted by Gasteiger charge is -2.13. The number of Topliss-reactive ketones (excluding diaryl/α,β-unsaturated/α-hetero) is 1. The summed E-state index contributed by atoms with van der Waals surface area (Å²) in [5.74, 6) is 0.299. The second kappa shape index (κ2) is 5.17. The van der Waals surface area contributed by atoms with Crippen LogP contribution in [0.25, 0.3) is 0 Å². The maximum atomic E-state index is 11.6. The van der Waals surface area contributed by atoms with Gasteiger partial charge in [0.1, 0.15) is 0 Å². The van der Waals surface area contributed by atoms with Crippen molar-refractivity contribution in [3.63, 3.8) is 0 Å². The van der Waals surface area contributed by atoms with Crippen LogP contribution in [0.4, 0.5) is 5.69 Å². The van der Waals surface area contributed by atoms with Gasteiger partial charge in [-0.05, 0) is 56.4 Å². The highest BCUT2D eigenvalue weighted by atomic mass is 16.1. The molecule has 1 aliphatic carbocycles. The largest absolute Gasteiger partial charge is 0.361 e. The van der Waals surface area contributed by atoms with Crippen LogP contribution >= 0.6 is 0 Å². The highest BCUT2D eigenvalue weighted by molar-refractivity contribution is 5.96. The predicted octanol–water partition coefficient (Wildman–Crippen LogP) is 3.74. The Kier molecular flexibility index (Phi) is 3.62. The van der Waals surface area contributed by atoms with E-state index in [1.807, 2.05) is 12.3 Å². The third-order valence-electron chi connectivity index (χ3n) is 3.38. The normalized spacial score (nSPS) is 18.5. The van der Waals surface area contributed by atoms with Crippen LogP contribution in [0, 0.1) is 13.8 Å². The van der Waals surface area contributed by atoms with Gasteiger partial charge in [-0.15, -0.1) is 0 Å². The number of benzene rings is 1. The lowest BCUT2D eigenvalue weighted by molar-refractivity contribution is -0.116. The van der Waals surface area contributed by atoms with Gasteiger partial charge in [0, 0.05) is 23.9 Å².